The fourth-order valence-corrected chi connectivity index (χ4v) is 2.95. The van der Waals surface area contributed by atoms with E-state index in [-0.39, 0.29) is 11.9 Å². The summed E-state index contributed by atoms with van der Waals surface area (Å²) in [5.41, 5.74) is 6.15. The zero-order valence-corrected chi connectivity index (χ0v) is 11.4. The Morgan fingerprint density at radius 1 is 1.58 bits per heavy atom. The van der Waals surface area contributed by atoms with Crippen LogP contribution in [0.4, 0.5) is 5.13 Å². The van der Waals surface area contributed by atoms with E-state index < -0.39 is 5.41 Å². The summed E-state index contributed by atoms with van der Waals surface area (Å²) in [6, 6.07) is 7.51. The summed E-state index contributed by atoms with van der Waals surface area (Å²) in [6.45, 7) is 2.60. The lowest BCUT2D eigenvalue weighted by Crippen LogP contribution is -2.47. The van der Waals surface area contributed by atoms with Crippen LogP contribution in [0.2, 0.25) is 0 Å². The number of rotatable bonds is 2. The van der Waals surface area contributed by atoms with Gasteiger partial charge in [-0.2, -0.15) is 0 Å². The Balaban J connectivity index is 1.83. The molecule has 1 saturated heterocycles. The van der Waals surface area contributed by atoms with Crippen LogP contribution in [0.25, 0.3) is 10.2 Å². The Labute approximate surface area is 114 Å². The van der Waals surface area contributed by atoms with Crippen molar-refractivity contribution in [1.82, 2.24) is 4.98 Å². The first-order valence-corrected chi connectivity index (χ1v) is 6.91. The van der Waals surface area contributed by atoms with Gasteiger partial charge in [-0.1, -0.05) is 23.5 Å². The minimum atomic E-state index is -0.683. The maximum absolute atomic E-state index is 12.3. The largest absolute Gasteiger partial charge is 0.379 e. The highest BCUT2D eigenvalue weighted by Crippen LogP contribution is 2.31. The number of nitrogens with two attached hydrogens (primary N) is 1. The van der Waals surface area contributed by atoms with E-state index >= 15 is 0 Å². The van der Waals surface area contributed by atoms with Crippen LogP contribution < -0.4 is 11.1 Å². The van der Waals surface area contributed by atoms with Crippen molar-refractivity contribution in [3.63, 3.8) is 0 Å². The molecule has 2 unspecified atom stereocenters. The van der Waals surface area contributed by atoms with Gasteiger partial charge in [-0.05, 0) is 19.1 Å². The minimum Gasteiger partial charge on any atom is -0.379 e. The van der Waals surface area contributed by atoms with Gasteiger partial charge in [-0.3, -0.25) is 4.79 Å². The van der Waals surface area contributed by atoms with Gasteiger partial charge in [-0.25, -0.2) is 4.98 Å². The summed E-state index contributed by atoms with van der Waals surface area (Å²) >= 11 is 1.46. The first-order valence-electron chi connectivity index (χ1n) is 6.10. The maximum atomic E-state index is 12.3. The number of aromatic nitrogens is 1. The molecule has 100 valence electrons. The number of thiazole rings is 1. The lowest BCUT2D eigenvalue weighted by molar-refractivity contribution is -0.125. The molecular weight excluding hydrogens is 262 g/mol. The summed E-state index contributed by atoms with van der Waals surface area (Å²) < 4.78 is 6.34. The molecule has 1 fully saturated rings. The summed E-state index contributed by atoms with van der Waals surface area (Å²) in [7, 11) is 0. The van der Waals surface area contributed by atoms with Gasteiger partial charge in [0.25, 0.3) is 0 Å². The molecular formula is C13H15N3O2S. The molecule has 1 aromatic carbocycles. The van der Waals surface area contributed by atoms with Gasteiger partial charge in [0.1, 0.15) is 0 Å². The molecule has 0 aliphatic carbocycles. The second kappa shape index (κ2) is 4.56. The zero-order chi connectivity index (χ0) is 13.5. The Kier molecular flexibility index (Phi) is 3.00. The predicted molar refractivity (Wildman–Crippen MR) is 75.2 cm³/mol. The number of nitrogens with zero attached hydrogens (tertiary/aromatic N) is 1. The van der Waals surface area contributed by atoms with Crippen LogP contribution in [0.1, 0.15) is 6.92 Å². The lowest BCUT2D eigenvalue weighted by Gasteiger charge is -2.24. The second-order valence-corrected chi connectivity index (χ2v) is 6.01. The molecule has 5 nitrogen and oxygen atoms in total. The van der Waals surface area contributed by atoms with Crippen LogP contribution in [0, 0.1) is 5.41 Å². The summed E-state index contributed by atoms with van der Waals surface area (Å²) in [6.07, 6.45) is 0. The van der Waals surface area contributed by atoms with Gasteiger partial charge >= 0.3 is 0 Å². The van der Waals surface area contributed by atoms with Crippen molar-refractivity contribution in [2.75, 3.05) is 18.5 Å². The van der Waals surface area contributed by atoms with Gasteiger partial charge in [0.05, 0.1) is 28.8 Å². The Hall–Kier alpha value is -1.50. The predicted octanol–water partition coefficient (Wildman–Crippen LogP) is 1.60. The van der Waals surface area contributed by atoms with E-state index in [9.17, 15) is 4.79 Å². The number of amides is 1. The van der Waals surface area contributed by atoms with Crippen LogP contribution in [0.3, 0.4) is 0 Å². The lowest BCUT2D eigenvalue weighted by atomic mass is 9.85. The van der Waals surface area contributed by atoms with Crippen LogP contribution in [-0.2, 0) is 9.53 Å². The van der Waals surface area contributed by atoms with Crippen LogP contribution in [-0.4, -0.2) is 30.1 Å². The van der Waals surface area contributed by atoms with Crippen molar-refractivity contribution in [2.24, 2.45) is 11.1 Å². The number of hydrogen-bond acceptors (Lipinski definition) is 5. The van der Waals surface area contributed by atoms with E-state index in [2.05, 4.69) is 10.3 Å². The number of nitrogens with one attached hydrogen (secondary N) is 1. The van der Waals surface area contributed by atoms with E-state index in [4.69, 9.17) is 10.5 Å². The van der Waals surface area contributed by atoms with Crippen LogP contribution >= 0.6 is 11.3 Å². The zero-order valence-electron chi connectivity index (χ0n) is 10.6. The van der Waals surface area contributed by atoms with Crippen molar-refractivity contribution in [2.45, 2.75) is 13.0 Å². The summed E-state index contributed by atoms with van der Waals surface area (Å²) in [5.74, 6) is -0.128. The van der Waals surface area contributed by atoms with Crippen molar-refractivity contribution in [1.29, 1.82) is 0 Å². The number of benzene rings is 1. The number of carbonyl (C=O) groups excluding carboxylic acids is 1. The molecule has 2 heterocycles. The average molecular weight is 277 g/mol. The molecule has 0 bridgehead atoms. The molecule has 6 heteroatoms. The van der Waals surface area contributed by atoms with Gasteiger partial charge < -0.3 is 15.8 Å². The minimum absolute atomic E-state index is 0.128. The number of para-hydroxylation sites is 1. The Bertz CT molecular complexity index is 594. The average Bonchev–Trinajstić information content (AvgIpc) is 2.94. The van der Waals surface area contributed by atoms with Crippen molar-refractivity contribution in [3.05, 3.63) is 24.3 Å². The highest BCUT2D eigenvalue weighted by atomic mass is 32.1. The third-order valence-electron chi connectivity index (χ3n) is 3.55. The molecule has 19 heavy (non-hydrogen) atoms. The smallest absolute Gasteiger partial charge is 0.236 e. The third-order valence-corrected chi connectivity index (χ3v) is 4.50. The number of ether oxygens (including phenoxy) is 1. The highest BCUT2D eigenvalue weighted by molar-refractivity contribution is 7.22. The number of anilines is 1. The third kappa shape index (κ3) is 2.11. The Morgan fingerprint density at radius 3 is 3.05 bits per heavy atom. The molecule has 1 aliphatic heterocycles. The van der Waals surface area contributed by atoms with E-state index in [1.54, 1.807) is 0 Å². The van der Waals surface area contributed by atoms with Crippen LogP contribution in [0.15, 0.2) is 24.3 Å². The topological polar surface area (TPSA) is 77.2 Å². The second-order valence-electron chi connectivity index (χ2n) is 4.98. The molecule has 3 rings (SSSR count). The first kappa shape index (κ1) is 12.5. The number of fused-ring (bicyclic) bond motifs is 1. The summed E-state index contributed by atoms with van der Waals surface area (Å²) in [4.78, 5) is 16.7. The number of carbonyl (C=O) groups is 1. The van der Waals surface area contributed by atoms with E-state index in [1.807, 2.05) is 31.2 Å². The monoisotopic (exact) mass is 277 g/mol. The molecule has 1 aliphatic rings. The van der Waals surface area contributed by atoms with Gasteiger partial charge in [-0.15, -0.1) is 0 Å². The van der Waals surface area contributed by atoms with Gasteiger partial charge in [0.15, 0.2) is 5.13 Å². The van der Waals surface area contributed by atoms with Gasteiger partial charge in [0, 0.05) is 6.04 Å². The standard InChI is InChI=1S/C13H15N3O2S/c1-13(7-18-6-10(13)14)11(17)16-12-15-8-4-2-3-5-9(8)19-12/h2-5,10H,6-7,14H2,1H3,(H,15,16,17). The molecule has 0 saturated carbocycles. The molecule has 2 aromatic rings. The van der Waals surface area contributed by atoms with Gasteiger partial charge in [0.2, 0.25) is 5.91 Å². The summed E-state index contributed by atoms with van der Waals surface area (Å²) in [5, 5.41) is 3.46. The van der Waals surface area contributed by atoms with Crippen molar-refractivity contribution < 1.29 is 9.53 Å². The van der Waals surface area contributed by atoms with E-state index in [0.29, 0.717) is 18.3 Å². The Morgan fingerprint density at radius 2 is 2.37 bits per heavy atom. The fourth-order valence-electron chi connectivity index (χ4n) is 2.09. The molecule has 0 radical (unpaired) electrons. The fraction of sp³-hybridized carbons (Fsp3) is 0.385. The molecule has 1 aromatic heterocycles. The maximum Gasteiger partial charge on any atom is 0.236 e. The first-order chi connectivity index (χ1) is 9.09. The molecule has 3 N–H and O–H groups in total. The van der Waals surface area contributed by atoms with Crippen LogP contribution in [0.5, 0.6) is 0 Å². The molecule has 0 spiro atoms. The molecule has 1 amide bonds. The van der Waals surface area contributed by atoms with Crippen molar-refractivity contribution in [3.8, 4) is 0 Å². The normalized spacial score (nSPS) is 26.7. The quantitative estimate of drug-likeness (QED) is 0.874. The SMILES string of the molecule is CC1(C(=O)Nc2nc3ccccc3s2)COCC1N. The van der Waals surface area contributed by atoms with E-state index in [0.717, 1.165) is 10.2 Å². The van der Waals surface area contributed by atoms with E-state index in [1.165, 1.54) is 11.3 Å². The highest BCUT2D eigenvalue weighted by Gasteiger charge is 2.44. The molecule has 2 atom stereocenters. The van der Waals surface area contributed by atoms with Crippen molar-refractivity contribution >= 4 is 32.6 Å². The number of hydrogen-bond donors (Lipinski definition) is 2.